The third-order valence-corrected chi connectivity index (χ3v) is 3.75. The fraction of sp³-hybridized carbons (Fsp3) is 0.643. The van der Waals surface area contributed by atoms with Gasteiger partial charge in [0, 0.05) is 13.6 Å². The summed E-state index contributed by atoms with van der Waals surface area (Å²) >= 11 is 0. The highest BCUT2D eigenvalue weighted by Gasteiger charge is 2.34. The van der Waals surface area contributed by atoms with Gasteiger partial charge in [0.25, 0.3) is 5.91 Å². The summed E-state index contributed by atoms with van der Waals surface area (Å²) in [4.78, 5) is 26.1. The maximum Gasteiger partial charge on any atom is 0.328 e. The molecular formula is C14H21N3O3. The zero-order valence-corrected chi connectivity index (χ0v) is 12.3. The van der Waals surface area contributed by atoms with Crippen molar-refractivity contribution in [1.29, 1.82) is 0 Å². The van der Waals surface area contributed by atoms with Gasteiger partial charge in [-0.15, -0.1) is 0 Å². The monoisotopic (exact) mass is 279 g/mol. The van der Waals surface area contributed by atoms with Crippen LogP contribution in [0.3, 0.4) is 0 Å². The van der Waals surface area contributed by atoms with E-state index in [9.17, 15) is 9.59 Å². The molecule has 110 valence electrons. The Labute approximate surface area is 118 Å². The molecule has 2 heterocycles. The number of hydrogen-bond acceptors (Lipinski definition) is 4. The molecule has 1 unspecified atom stereocenters. The Hall–Kier alpha value is -1.85. The molecule has 6 heteroatoms. The Kier molecular flexibility index (Phi) is 4.42. The summed E-state index contributed by atoms with van der Waals surface area (Å²) in [6.45, 7) is 2.58. The van der Waals surface area contributed by atoms with E-state index in [1.54, 1.807) is 22.7 Å². The molecule has 20 heavy (non-hydrogen) atoms. The van der Waals surface area contributed by atoms with E-state index in [1.807, 2.05) is 6.92 Å². The number of amides is 1. The Morgan fingerprint density at radius 3 is 2.80 bits per heavy atom. The third kappa shape index (κ3) is 2.69. The quantitative estimate of drug-likeness (QED) is 0.779. The van der Waals surface area contributed by atoms with E-state index in [0.717, 1.165) is 25.0 Å². The number of aryl methyl sites for hydroxylation is 2. The van der Waals surface area contributed by atoms with Crippen LogP contribution >= 0.6 is 0 Å². The van der Waals surface area contributed by atoms with Gasteiger partial charge in [0.2, 0.25) is 0 Å². The minimum Gasteiger partial charge on any atom is -0.467 e. The molecule has 1 aliphatic rings. The number of ether oxygens (including phenoxy) is 1. The number of aromatic nitrogens is 2. The average Bonchev–Trinajstić information content (AvgIpc) is 2.86. The first kappa shape index (κ1) is 14.6. The van der Waals surface area contributed by atoms with Crippen LogP contribution in [0.15, 0.2) is 6.07 Å². The Morgan fingerprint density at radius 1 is 1.45 bits per heavy atom. The number of esters is 1. The zero-order valence-electron chi connectivity index (χ0n) is 12.3. The van der Waals surface area contributed by atoms with E-state index in [0.29, 0.717) is 18.7 Å². The van der Waals surface area contributed by atoms with Crippen molar-refractivity contribution in [2.24, 2.45) is 7.05 Å². The number of nitrogens with zero attached hydrogens (tertiary/aromatic N) is 3. The van der Waals surface area contributed by atoms with E-state index in [4.69, 9.17) is 4.74 Å². The molecule has 1 aliphatic heterocycles. The molecule has 0 radical (unpaired) electrons. The van der Waals surface area contributed by atoms with Crippen molar-refractivity contribution in [1.82, 2.24) is 14.7 Å². The minimum absolute atomic E-state index is 0.144. The van der Waals surface area contributed by atoms with Gasteiger partial charge in [-0.05, 0) is 31.7 Å². The highest BCUT2D eigenvalue weighted by atomic mass is 16.5. The summed E-state index contributed by atoms with van der Waals surface area (Å²) in [7, 11) is 3.11. The molecule has 0 N–H and O–H groups in total. The molecule has 0 aromatic carbocycles. The highest BCUT2D eigenvalue weighted by molar-refractivity contribution is 5.95. The number of carbonyl (C=O) groups is 2. The average molecular weight is 279 g/mol. The van der Waals surface area contributed by atoms with Crippen LogP contribution < -0.4 is 0 Å². The predicted octanol–water partition coefficient (Wildman–Crippen LogP) is 1.15. The van der Waals surface area contributed by atoms with Gasteiger partial charge in [0.1, 0.15) is 11.7 Å². The molecule has 0 saturated carbocycles. The maximum atomic E-state index is 12.6. The van der Waals surface area contributed by atoms with Crippen molar-refractivity contribution in [3.05, 3.63) is 17.5 Å². The Morgan fingerprint density at radius 2 is 2.20 bits per heavy atom. The van der Waals surface area contributed by atoms with Crippen LogP contribution in [0.4, 0.5) is 0 Å². The largest absolute Gasteiger partial charge is 0.467 e. The summed E-state index contributed by atoms with van der Waals surface area (Å²) in [5, 5.41) is 4.29. The summed E-state index contributed by atoms with van der Waals surface area (Å²) in [6, 6.07) is 1.33. The molecule has 2 rings (SSSR count). The van der Waals surface area contributed by atoms with E-state index >= 15 is 0 Å². The lowest BCUT2D eigenvalue weighted by molar-refractivity contribution is -0.147. The number of likely N-dealkylation sites (tertiary alicyclic amines) is 1. The number of rotatable bonds is 3. The summed E-state index contributed by atoms with van der Waals surface area (Å²) in [5.74, 6) is -0.481. The SMILES string of the molecule is CCc1cc(C(=O)N2CCCCC2C(=O)OC)n(C)n1. The van der Waals surface area contributed by atoms with Gasteiger partial charge in [-0.2, -0.15) is 5.10 Å². The van der Waals surface area contributed by atoms with Crippen molar-refractivity contribution >= 4 is 11.9 Å². The topological polar surface area (TPSA) is 64.4 Å². The normalized spacial score (nSPS) is 18.9. The van der Waals surface area contributed by atoms with Gasteiger partial charge < -0.3 is 9.64 Å². The smallest absolute Gasteiger partial charge is 0.328 e. The van der Waals surface area contributed by atoms with Crippen LogP contribution in [0.2, 0.25) is 0 Å². The standard InChI is InChI=1S/C14H21N3O3/c1-4-10-9-12(16(2)15-10)13(18)17-8-6-5-7-11(17)14(19)20-3/h9,11H,4-8H2,1-3H3. The van der Waals surface area contributed by atoms with Crippen molar-refractivity contribution in [3.63, 3.8) is 0 Å². The van der Waals surface area contributed by atoms with Crippen LogP contribution in [-0.2, 0) is 23.0 Å². The molecular weight excluding hydrogens is 258 g/mol. The second-order valence-electron chi connectivity index (χ2n) is 5.03. The van der Waals surface area contributed by atoms with Gasteiger partial charge in [-0.25, -0.2) is 4.79 Å². The first-order valence-electron chi connectivity index (χ1n) is 7.00. The van der Waals surface area contributed by atoms with Gasteiger partial charge >= 0.3 is 5.97 Å². The number of carbonyl (C=O) groups excluding carboxylic acids is 2. The molecule has 0 aliphatic carbocycles. The van der Waals surface area contributed by atoms with Crippen molar-refractivity contribution in [2.75, 3.05) is 13.7 Å². The highest BCUT2D eigenvalue weighted by Crippen LogP contribution is 2.21. The second kappa shape index (κ2) is 6.07. The number of methoxy groups -OCH3 is 1. The first-order chi connectivity index (χ1) is 9.58. The molecule has 0 bridgehead atoms. The molecule has 0 spiro atoms. The fourth-order valence-electron chi connectivity index (χ4n) is 2.60. The summed E-state index contributed by atoms with van der Waals surface area (Å²) < 4.78 is 6.39. The third-order valence-electron chi connectivity index (χ3n) is 3.75. The first-order valence-corrected chi connectivity index (χ1v) is 7.00. The van der Waals surface area contributed by atoms with E-state index in [1.165, 1.54) is 7.11 Å². The summed E-state index contributed by atoms with van der Waals surface area (Å²) in [6.07, 6.45) is 3.30. The fourth-order valence-corrected chi connectivity index (χ4v) is 2.60. The van der Waals surface area contributed by atoms with Crippen molar-refractivity contribution in [2.45, 2.75) is 38.6 Å². The Balaban J connectivity index is 2.25. The minimum atomic E-state index is -0.471. The van der Waals surface area contributed by atoms with Gasteiger partial charge in [0.15, 0.2) is 0 Å². The molecule has 6 nitrogen and oxygen atoms in total. The second-order valence-corrected chi connectivity index (χ2v) is 5.03. The van der Waals surface area contributed by atoms with E-state index < -0.39 is 6.04 Å². The molecule has 1 fully saturated rings. The van der Waals surface area contributed by atoms with E-state index in [-0.39, 0.29) is 11.9 Å². The van der Waals surface area contributed by atoms with E-state index in [2.05, 4.69) is 5.10 Å². The van der Waals surface area contributed by atoms with Crippen LogP contribution in [-0.4, -0.2) is 46.3 Å². The lowest BCUT2D eigenvalue weighted by Gasteiger charge is -2.33. The van der Waals surface area contributed by atoms with Crippen LogP contribution in [0.5, 0.6) is 0 Å². The maximum absolute atomic E-state index is 12.6. The Bertz CT molecular complexity index is 510. The molecule has 1 saturated heterocycles. The molecule has 1 aromatic heterocycles. The molecule has 1 atom stereocenters. The lowest BCUT2D eigenvalue weighted by Crippen LogP contribution is -2.48. The van der Waals surface area contributed by atoms with Gasteiger partial charge in [0.05, 0.1) is 12.8 Å². The molecule has 1 amide bonds. The lowest BCUT2D eigenvalue weighted by atomic mass is 10.0. The van der Waals surface area contributed by atoms with Crippen LogP contribution in [0.25, 0.3) is 0 Å². The van der Waals surface area contributed by atoms with Crippen LogP contribution in [0.1, 0.15) is 42.4 Å². The molecule has 1 aromatic rings. The van der Waals surface area contributed by atoms with Gasteiger partial charge in [-0.1, -0.05) is 6.92 Å². The van der Waals surface area contributed by atoms with Crippen molar-refractivity contribution < 1.29 is 14.3 Å². The predicted molar refractivity (Wildman–Crippen MR) is 73.3 cm³/mol. The number of hydrogen-bond donors (Lipinski definition) is 0. The van der Waals surface area contributed by atoms with Gasteiger partial charge in [-0.3, -0.25) is 9.48 Å². The summed E-state index contributed by atoms with van der Waals surface area (Å²) in [5.41, 5.74) is 1.40. The van der Waals surface area contributed by atoms with Crippen molar-refractivity contribution in [3.8, 4) is 0 Å². The zero-order chi connectivity index (χ0) is 14.7. The number of piperidine rings is 1. The van der Waals surface area contributed by atoms with Crippen LogP contribution in [0, 0.1) is 0 Å².